The number of aliphatic hydroxyl groups is 1. The monoisotopic (exact) mass is 341 g/mol. The summed E-state index contributed by atoms with van der Waals surface area (Å²) in [5, 5.41) is 9.37. The van der Waals surface area contributed by atoms with Crippen molar-refractivity contribution in [2.45, 2.75) is 38.9 Å². The lowest BCUT2D eigenvalue weighted by Crippen LogP contribution is -2.20. The topological polar surface area (TPSA) is 41.9 Å². The number of fused-ring (bicyclic) bond motifs is 1. The molecule has 1 saturated heterocycles. The smallest absolute Gasteiger partial charge is 0.387 e. The van der Waals surface area contributed by atoms with E-state index in [0.29, 0.717) is 5.75 Å². The molecular weight excluding hydrogens is 316 g/mol. The van der Waals surface area contributed by atoms with Gasteiger partial charge in [-0.25, -0.2) is 0 Å². The van der Waals surface area contributed by atoms with Gasteiger partial charge >= 0.3 is 6.61 Å². The molecule has 134 valence electrons. The Morgan fingerprint density at radius 3 is 2.62 bits per heavy atom. The molecule has 2 unspecified atom stereocenters. The Kier molecular flexibility index (Phi) is 6.43. The molecule has 1 aliphatic heterocycles. The number of allylic oxidation sites excluding steroid dienone is 1. The summed E-state index contributed by atoms with van der Waals surface area (Å²) in [4.78, 5) is 2.27. The quantitative estimate of drug-likeness (QED) is 0.912. The van der Waals surface area contributed by atoms with Gasteiger partial charge in [0.2, 0.25) is 0 Å². The molecule has 2 atom stereocenters. The van der Waals surface area contributed by atoms with Crippen LogP contribution in [-0.2, 0) is 0 Å². The van der Waals surface area contributed by atoms with Crippen LogP contribution in [0.5, 0.6) is 11.5 Å². The number of methoxy groups -OCH3 is 1. The number of halogens is 2. The molecule has 0 spiro atoms. The molecule has 0 amide bonds. The van der Waals surface area contributed by atoms with E-state index in [1.54, 1.807) is 12.1 Å². The summed E-state index contributed by atoms with van der Waals surface area (Å²) in [6, 6.07) is 4.78. The van der Waals surface area contributed by atoms with Crippen molar-refractivity contribution in [3.63, 3.8) is 0 Å². The molecule has 2 aliphatic rings. The van der Waals surface area contributed by atoms with Gasteiger partial charge in [-0.1, -0.05) is 6.07 Å². The third kappa shape index (κ3) is 4.84. The van der Waals surface area contributed by atoms with Crippen molar-refractivity contribution in [3.05, 3.63) is 35.5 Å². The summed E-state index contributed by atoms with van der Waals surface area (Å²) in [5.41, 5.74) is 2.31. The second kappa shape index (κ2) is 8.33. The molecule has 0 radical (unpaired) electrons. The molecule has 0 saturated carbocycles. The number of hydrogen-bond donors (Lipinski definition) is 1. The molecule has 1 aliphatic carbocycles. The number of aliphatic hydroxyl groups excluding tert-OH is 1. The maximum Gasteiger partial charge on any atom is 0.387 e. The standard InChI is InChI=1S/C9H10F2O2.C9H15NO/c1-6-3-4-7(13-9(10)11)8(5-6)12-2;1-10-5-4-7-2-3-8(11)6-9(7)10/h3-5,9H,1-2H3;6-8,11H,2-5H2,1H3. The van der Waals surface area contributed by atoms with Crippen LogP contribution in [0.2, 0.25) is 0 Å². The average Bonchev–Trinajstić information content (AvgIpc) is 2.90. The second-order valence-corrected chi connectivity index (χ2v) is 6.18. The van der Waals surface area contributed by atoms with Crippen LogP contribution >= 0.6 is 0 Å². The first-order valence-electron chi connectivity index (χ1n) is 8.11. The number of rotatable bonds is 3. The molecule has 6 heteroatoms. The summed E-state index contributed by atoms with van der Waals surface area (Å²) < 4.78 is 32.8. The third-order valence-corrected chi connectivity index (χ3v) is 4.38. The molecule has 4 nitrogen and oxygen atoms in total. The Balaban J connectivity index is 0.000000175. The number of likely N-dealkylation sites (tertiary alicyclic amines) is 1. The van der Waals surface area contributed by atoms with Gasteiger partial charge in [-0.05, 0) is 50.0 Å². The zero-order valence-corrected chi connectivity index (χ0v) is 14.3. The van der Waals surface area contributed by atoms with E-state index in [9.17, 15) is 13.9 Å². The van der Waals surface area contributed by atoms with E-state index in [4.69, 9.17) is 4.74 Å². The van der Waals surface area contributed by atoms with Crippen LogP contribution in [0.3, 0.4) is 0 Å². The Hall–Kier alpha value is -1.82. The largest absolute Gasteiger partial charge is 0.493 e. The van der Waals surface area contributed by atoms with Crippen LogP contribution < -0.4 is 9.47 Å². The molecule has 1 aromatic rings. The van der Waals surface area contributed by atoms with Gasteiger partial charge in [0.15, 0.2) is 11.5 Å². The van der Waals surface area contributed by atoms with Crippen molar-refractivity contribution in [2.24, 2.45) is 5.92 Å². The van der Waals surface area contributed by atoms with E-state index in [1.807, 2.05) is 13.0 Å². The van der Waals surface area contributed by atoms with Gasteiger partial charge in [0.1, 0.15) is 0 Å². The van der Waals surface area contributed by atoms with E-state index < -0.39 is 6.61 Å². The van der Waals surface area contributed by atoms with E-state index in [2.05, 4.69) is 16.7 Å². The molecular formula is C18H25F2NO3. The van der Waals surface area contributed by atoms with Crippen LogP contribution in [-0.4, -0.2) is 43.4 Å². The fourth-order valence-electron chi connectivity index (χ4n) is 3.11. The summed E-state index contributed by atoms with van der Waals surface area (Å²) in [7, 11) is 3.52. The van der Waals surface area contributed by atoms with Gasteiger partial charge in [-0.2, -0.15) is 8.78 Å². The number of benzene rings is 1. The van der Waals surface area contributed by atoms with Crippen molar-refractivity contribution in [1.82, 2.24) is 4.90 Å². The lowest BCUT2D eigenvalue weighted by Gasteiger charge is -2.24. The van der Waals surface area contributed by atoms with Gasteiger partial charge in [-0.3, -0.25) is 0 Å². The molecule has 1 aromatic carbocycles. The van der Waals surface area contributed by atoms with Crippen molar-refractivity contribution < 1.29 is 23.4 Å². The summed E-state index contributed by atoms with van der Waals surface area (Å²) in [5.74, 6) is 1.13. The van der Waals surface area contributed by atoms with Crippen LogP contribution in [0.15, 0.2) is 30.0 Å². The van der Waals surface area contributed by atoms with Crippen molar-refractivity contribution in [3.8, 4) is 11.5 Å². The number of alkyl halides is 2. The van der Waals surface area contributed by atoms with Crippen molar-refractivity contribution in [1.29, 1.82) is 0 Å². The third-order valence-electron chi connectivity index (χ3n) is 4.38. The zero-order valence-electron chi connectivity index (χ0n) is 14.3. The Labute approximate surface area is 141 Å². The van der Waals surface area contributed by atoms with Crippen molar-refractivity contribution >= 4 is 0 Å². The van der Waals surface area contributed by atoms with Gasteiger partial charge in [0.25, 0.3) is 0 Å². The minimum Gasteiger partial charge on any atom is -0.493 e. The maximum atomic E-state index is 11.9. The lowest BCUT2D eigenvalue weighted by atomic mass is 9.91. The maximum absolute atomic E-state index is 11.9. The first kappa shape index (κ1) is 18.5. The molecule has 1 heterocycles. The van der Waals surface area contributed by atoms with E-state index in [0.717, 1.165) is 17.9 Å². The van der Waals surface area contributed by atoms with Crippen LogP contribution in [0, 0.1) is 12.8 Å². The first-order valence-corrected chi connectivity index (χ1v) is 8.11. The summed E-state index contributed by atoms with van der Waals surface area (Å²) in [6.07, 6.45) is 5.28. The average molecular weight is 341 g/mol. The van der Waals surface area contributed by atoms with Gasteiger partial charge < -0.3 is 19.5 Å². The highest BCUT2D eigenvalue weighted by atomic mass is 19.3. The van der Waals surface area contributed by atoms with Gasteiger partial charge in [0.05, 0.1) is 13.2 Å². The van der Waals surface area contributed by atoms with E-state index >= 15 is 0 Å². The highest BCUT2D eigenvalue weighted by molar-refractivity contribution is 5.42. The van der Waals surface area contributed by atoms with Gasteiger partial charge in [-0.15, -0.1) is 0 Å². The SMILES string of the molecule is CN1CCC2CCC(O)C=C21.COc1cc(C)ccc1OC(F)F. The number of nitrogens with zero attached hydrogens (tertiary/aromatic N) is 1. The highest BCUT2D eigenvalue weighted by Crippen LogP contribution is 2.34. The van der Waals surface area contributed by atoms with Crippen LogP contribution in [0.1, 0.15) is 24.8 Å². The molecule has 1 N–H and O–H groups in total. The Morgan fingerprint density at radius 1 is 1.21 bits per heavy atom. The predicted octanol–water partition coefficient (Wildman–Crippen LogP) is 3.58. The van der Waals surface area contributed by atoms with E-state index in [1.165, 1.54) is 38.3 Å². The minimum absolute atomic E-state index is 0.0584. The normalized spacial score (nSPS) is 22.5. The van der Waals surface area contributed by atoms with Crippen LogP contribution in [0.4, 0.5) is 8.78 Å². The van der Waals surface area contributed by atoms with Crippen LogP contribution in [0.25, 0.3) is 0 Å². The number of hydrogen-bond acceptors (Lipinski definition) is 4. The molecule has 24 heavy (non-hydrogen) atoms. The fourth-order valence-corrected chi connectivity index (χ4v) is 3.11. The van der Waals surface area contributed by atoms with Gasteiger partial charge in [0, 0.05) is 25.2 Å². The second-order valence-electron chi connectivity index (χ2n) is 6.18. The summed E-state index contributed by atoms with van der Waals surface area (Å²) >= 11 is 0. The molecule has 1 fully saturated rings. The molecule has 0 bridgehead atoms. The first-order chi connectivity index (χ1) is 11.4. The summed E-state index contributed by atoms with van der Waals surface area (Å²) in [6.45, 7) is 0.189. The molecule has 0 aromatic heterocycles. The molecule has 3 rings (SSSR count). The number of ether oxygens (including phenoxy) is 2. The lowest BCUT2D eigenvalue weighted by molar-refractivity contribution is -0.0512. The number of aryl methyl sites for hydroxylation is 1. The van der Waals surface area contributed by atoms with E-state index in [-0.39, 0.29) is 11.9 Å². The zero-order chi connectivity index (χ0) is 17.7. The minimum atomic E-state index is -2.82. The highest BCUT2D eigenvalue weighted by Gasteiger charge is 2.29. The Bertz CT molecular complexity index is 577. The van der Waals surface area contributed by atoms with Crippen molar-refractivity contribution in [2.75, 3.05) is 20.7 Å². The predicted molar refractivity (Wildman–Crippen MR) is 88.4 cm³/mol. The Morgan fingerprint density at radius 2 is 1.96 bits per heavy atom. The fraction of sp³-hybridized carbons (Fsp3) is 0.556.